The largest absolute Gasteiger partial charge is 0.387 e. The molecule has 0 spiro atoms. The van der Waals surface area contributed by atoms with E-state index in [2.05, 4.69) is 4.99 Å². The summed E-state index contributed by atoms with van der Waals surface area (Å²) in [6, 6.07) is 5.38. The molecule has 0 amide bonds. The van der Waals surface area contributed by atoms with Crippen molar-refractivity contribution in [3.63, 3.8) is 0 Å². The van der Waals surface area contributed by atoms with Gasteiger partial charge in [0, 0.05) is 10.6 Å². The van der Waals surface area contributed by atoms with Gasteiger partial charge in [0.2, 0.25) is 0 Å². The number of nitrogens with two attached hydrogens (primary N) is 1. The van der Waals surface area contributed by atoms with Crippen LogP contribution in [-0.2, 0) is 0 Å². The van der Waals surface area contributed by atoms with Gasteiger partial charge in [-0.05, 0) is 25.5 Å². The minimum Gasteiger partial charge on any atom is -0.387 e. The van der Waals surface area contributed by atoms with Crippen LogP contribution in [0.15, 0.2) is 23.2 Å². The summed E-state index contributed by atoms with van der Waals surface area (Å²) in [6.45, 7) is 3.50. The highest BCUT2D eigenvalue weighted by molar-refractivity contribution is 6.31. The Morgan fingerprint density at radius 1 is 1.50 bits per heavy atom. The summed E-state index contributed by atoms with van der Waals surface area (Å²) in [5, 5.41) is 8.31. The third kappa shape index (κ3) is 2.33. The Hall–Kier alpha value is -1.35. The smallest absolute Gasteiger partial charge is 0.154 e. The molecule has 1 aromatic carbocycles. The van der Waals surface area contributed by atoms with Gasteiger partial charge >= 0.3 is 0 Å². The van der Waals surface area contributed by atoms with E-state index in [1.54, 1.807) is 25.1 Å². The highest BCUT2D eigenvalue weighted by atomic mass is 35.5. The van der Waals surface area contributed by atoms with Gasteiger partial charge in [0.15, 0.2) is 5.84 Å². The van der Waals surface area contributed by atoms with Gasteiger partial charge in [-0.1, -0.05) is 23.7 Å². The maximum atomic E-state index is 7.67. The van der Waals surface area contributed by atoms with Gasteiger partial charge in [-0.25, -0.2) is 4.99 Å². The predicted octanol–water partition coefficient (Wildman–Crippen LogP) is 2.35. The van der Waals surface area contributed by atoms with Gasteiger partial charge in [-0.2, -0.15) is 0 Å². The van der Waals surface area contributed by atoms with E-state index in [-0.39, 0.29) is 5.84 Å². The second-order valence-electron chi connectivity index (χ2n) is 3.01. The lowest BCUT2D eigenvalue weighted by atomic mass is 10.1. The Kier molecular flexibility index (Phi) is 3.25. The number of halogens is 1. The number of nitrogens with zero attached hydrogens (tertiary/aromatic N) is 1. The van der Waals surface area contributed by atoms with E-state index in [9.17, 15) is 0 Å². The fourth-order valence-electron chi connectivity index (χ4n) is 1.10. The van der Waals surface area contributed by atoms with Crippen molar-refractivity contribution in [1.82, 2.24) is 0 Å². The van der Waals surface area contributed by atoms with Crippen LogP contribution in [0.5, 0.6) is 0 Å². The van der Waals surface area contributed by atoms with E-state index in [1.165, 1.54) is 0 Å². The summed E-state index contributed by atoms with van der Waals surface area (Å²) in [6.07, 6.45) is 0. The summed E-state index contributed by atoms with van der Waals surface area (Å²) in [7, 11) is 0. The zero-order valence-electron chi connectivity index (χ0n) is 8.13. The van der Waals surface area contributed by atoms with Crippen LogP contribution in [0, 0.1) is 12.3 Å². The lowest BCUT2D eigenvalue weighted by Crippen LogP contribution is -2.10. The average Bonchev–Trinajstić information content (AvgIpc) is 2.08. The number of rotatable bonds is 1. The Morgan fingerprint density at radius 3 is 2.71 bits per heavy atom. The molecule has 0 bridgehead atoms. The van der Waals surface area contributed by atoms with Crippen molar-refractivity contribution in [1.29, 1.82) is 5.41 Å². The molecule has 0 atom stereocenters. The maximum absolute atomic E-state index is 7.67. The van der Waals surface area contributed by atoms with Crippen LogP contribution >= 0.6 is 11.6 Å². The zero-order chi connectivity index (χ0) is 10.7. The number of benzene rings is 1. The van der Waals surface area contributed by atoms with Crippen molar-refractivity contribution in [2.45, 2.75) is 13.8 Å². The molecule has 0 fully saturated rings. The van der Waals surface area contributed by atoms with Gasteiger partial charge in [-0.15, -0.1) is 0 Å². The minimum absolute atomic E-state index is 0.144. The number of aliphatic imine (C=N–C) groups is 1. The Morgan fingerprint density at radius 2 is 2.14 bits per heavy atom. The van der Waals surface area contributed by atoms with Crippen molar-refractivity contribution in [3.8, 4) is 0 Å². The third-order valence-corrected chi connectivity index (χ3v) is 2.22. The predicted molar refractivity (Wildman–Crippen MR) is 60.3 cm³/mol. The molecule has 0 saturated heterocycles. The van der Waals surface area contributed by atoms with E-state index in [0.29, 0.717) is 16.4 Å². The molecule has 74 valence electrons. The molecule has 0 aromatic heterocycles. The highest BCUT2D eigenvalue weighted by Crippen LogP contribution is 2.19. The van der Waals surface area contributed by atoms with E-state index in [1.807, 2.05) is 6.92 Å². The van der Waals surface area contributed by atoms with Crippen LogP contribution in [0.4, 0.5) is 0 Å². The van der Waals surface area contributed by atoms with Crippen molar-refractivity contribution >= 4 is 23.3 Å². The molecule has 0 aliphatic carbocycles. The third-order valence-electron chi connectivity index (χ3n) is 1.81. The minimum atomic E-state index is 0.144. The Balaban J connectivity index is 3.14. The Labute approximate surface area is 88.1 Å². The summed E-state index contributed by atoms with van der Waals surface area (Å²) in [5.41, 5.74) is 6.96. The lowest BCUT2D eigenvalue weighted by molar-refractivity contribution is 1.35. The fraction of sp³-hybridized carbons (Fsp3) is 0.200. The maximum Gasteiger partial charge on any atom is 0.154 e. The van der Waals surface area contributed by atoms with Crippen LogP contribution in [0.2, 0.25) is 5.02 Å². The molecule has 0 unspecified atom stereocenters. The molecule has 3 N–H and O–H groups in total. The fourth-order valence-corrected chi connectivity index (χ4v) is 1.28. The van der Waals surface area contributed by atoms with Crippen LogP contribution in [0.1, 0.15) is 18.1 Å². The van der Waals surface area contributed by atoms with E-state index in [4.69, 9.17) is 22.7 Å². The van der Waals surface area contributed by atoms with Crippen molar-refractivity contribution in [2.24, 2.45) is 10.7 Å². The van der Waals surface area contributed by atoms with E-state index in [0.717, 1.165) is 5.56 Å². The van der Waals surface area contributed by atoms with Gasteiger partial charge in [0.05, 0.1) is 5.84 Å². The first-order valence-electron chi connectivity index (χ1n) is 4.17. The van der Waals surface area contributed by atoms with Gasteiger partial charge in [0.25, 0.3) is 0 Å². The Bertz CT molecular complexity index is 392. The SMILES string of the molecule is CC(N)=NC(=N)c1cccc(Cl)c1C. The zero-order valence-corrected chi connectivity index (χ0v) is 8.89. The van der Waals surface area contributed by atoms with Crippen LogP contribution in [-0.4, -0.2) is 11.7 Å². The van der Waals surface area contributed by atoms with Crippen molar-refractivity contribution < 1.29 is 0 Å². The summed E-state index contributed by atoms with van der Waals surface area (Å²) in [5.74, 6) is 0.513. The number of nitrogens with one attached hydrogen (secondary N) is 1. The second-order valence-corrected chi connectivity index (χ2v) is 3.42. The topological polar surface area (TPSA) is 62.2 Å². The monoisotopic (exact) mass is 209 g/mol. The summed E-state index contributed by atoms with van der Waals surface area (Å²) in [4.78, 5) is 3.87. The summed E-state index contributed by atoms with van der Waals surface area (Å²) >= 11 is 5.92. The number of amidine groups is 2. The molecule has 0 aliphatic heterocycles. The molecule has 0 radical (unpaired) electrons. The van der Waals surface area contributed by atoms with Crippen molar-refractivity contribution in [3.05, 3.63) is 34.3 Å². The highest BCUT2D eigenvalue weighted by Gasteiger charge is 2.06. The normalized spacial score (nSPS) is 11.5. The molecule has 0 saturated carbocycles. The average molecular weight is 210 g/mol. The molecule has 3 nitrogen and oxygen atoms in total. The van der Waals surface area contributed by atoms with Gasteiger partial charge < -0.3 is 5.73 Å². The molecular formula is C10H12ClN3. The van der Waals surface area contributed by atoms with Crippen LogP contribution in [0.25, 0.3) is 0 Å². The molecule has 0 heterocycles. The first-order chi connectivity index (χ1) is 6.52. The number of hydrogen-bond acceptors (Lipinski definition) is 1. The molecule has 0 aliphatic rings. The van der Waals surface area contributed by atoms with Crippen molar-refractivity contribution in [2.75, 3.05) is 0 Å². The molecule has 4 heteroatoms. The molecule has 1 aromatic rings. The quantitative estimate of drug-likeness (QED) is 0.541. The summed E-state index contributed by atoms with van der Waals surface area (Å²) < 4.78 is 0. The van der Waals surface area contributed by atoms with Gasteiger partial charge in [-0.3, -0.25) is 5.41 Å². The molecular weight excluding hydrogens is 198 g/mol. The molecule has 14 heavy (non-hydrogen) atoms. The number of hydrogen-bond donors (Lipinski definition) is 2. The van der Waals surface area contributed by atoms with E-state index < -0.39 is 0 Å². The lowest BCUT2D eigenvalue weighted by Gasteiger charge is -2.05. The van der Waals surface area contributed by atoms with Crippen LogP contribution in [0.3, 0.4) is 0 Å². The van der Waals surface area contributed by atoms with E-state index >= 15 is 0 Å². The van der Waals surface area contributed by atoms with Gasteiger partial charge in [0.1, 0.15) is 0 Å². The standard InChI is InChI=1S/C10H12ClN3/c1-6-8(4-3-5-9(6)11)10(13)14-7(2)12/h3-5H,1-2H3,(H3,12,13,14). The van der Waals surface area contributed by atoms with Crippen LogP contribution < -0.4 is 5.73 Å². The molecule has 1 rings (SSSR count). The second kappa shape index (κ2) is 4.24. The first kappa shape index (κ1) is 10.7. The first-order valence-corrected chi connectivity index (χ1v) is 4.55.